The maximum Gasteiger partial charge on any atom is 0.0743 e. The van der Waals surface area contributed by atoms with Crippen molar-refractivity contribution < 1.29 is 9.84 Å². The largest absolute Gasteiger partial charge is 0.389 e. The van der Waals surface area contributed by atoms with Crippen LogP contribution in [0.15, 0.2) is 30.3 Å². The van der Waals surface area contributed by atoms with Crippen LogP contribution in [-0.4, -0.2) is 31.0 Å². The minimum Gasteiger partial charge on any atom is -0.389 e. The summed E-state index contributed by atoms with van der Waals surface area (Å²) in [7, 11) is 1.70. The molecule has 0 heterocycles. The number of hydrogen-bond donors (Lipinski definition) is 2. The second kappa shape index (κ2) is 7.52. The standard InChI is InChI=1S/C15H25NO2/c1-4-10-15(2,17)12-16-14(11-18-3)13-8-6-5-7-9-13/h5-9,14,16-17H,4,10-12H2,1-3H3. The van der Waals surface area contributed by atoms with Gasteiger partial charge in [-0.2, -0.15) is 0 Å². The lowest BCUT2D eigenvalue weighted by molar-refractivity contribution is 0.0428. The van der Waals surface area contributed by atoms with Crippen LogP contribution < -0.4 is 5.32 Å². The minimum atomic E-state index is -0.657. The molecule has 3 heteroatoms. The molecule has 2 N–H and O–H groups in total. The lowest BCUT2D eigenvalue weighted by atomic mass is 9.99. The van der Waals surface area contributed by atoms with Crippen LogP contribution in [-0.2, 0) is 4.74 Å². The van der Waals surface area contributed by atoms with E-state index in [4.69, 9.17) is 4.74 Å². The van der Waals surface area contributed by atoms with Crippen LogP contribution in [0.25, 0.3) is 0 Å². The van der Waals surface area contributed by atoms with Gasteiger partial charge in [0.2, 0.25) is 0 Å². The Kier molecular flexibility index (Phi) is 6.33. The molecule has 1 rings (SSSR count). The molecule has 1 aromatic rings. The van der Waals surface area contributed by atoms with E-state index in [0.29, 0.717) is 13.2 Å². The second-order valence-corrected chi connectivity index (χ2v) is 5.05. The number of aliphatic hydroxyl groups is 1. The predicted octanol–water partition coefficient (Wildman–Crippen LogP) is 2.51. The van der Waals surface area contributed by atoms with Gasteiger partial charge < -0.3 is 15.2 Å². The van der Waals surface area contributed by atoms with E-state index < -0.39 is 5.60 Å². The first kappa shape index (κ1) is 15.2. The third-order valence-corrected chi connectivity index (χ3v) is 3.05. The van der Waals surface area contributed by atoms with Crippen molar-refractivity contribution in [3.63, 3.8) is 0 Å². The van der Waals surface area contributed by atoms with Crippen molar-refractivity contribution in [3.8, 4) is 0 Å². The molecule has 0 saturated heterocycles. The molecule has 102 valence electrons. The SMILES string of the molecule is CCCC(C)(O)CNC(COC)c1ccccc1. The zero-order valence-corrected chi connectivity index (χ0v) is 11.6. The molecule has 0 radical (unpaired) electrons. The van der Waals surface area contributed by atoms with Crippen LogP contribution in [0.1, 0.15) is 38.3 Å². The summed E-state index contributed by atoms with van der Waals surface area (Å²) in [5.74, 6) is 0. The number of benzene rings is 1. The van der Waals surface area contributed by atoms with E-state index in [1.165, 1.54) is 5.56 Å². The van der Waals surface area contributed by atoms with Gasteiger partial charge in [0.05, 0.1) is 18.2 Å². The van der Waals surface area contributed by atoms with Gasteiger partial charge in [0.1, 0.15) is 0 Å². The highest BCUT2D eigenvalue weighted by Crippen LogP contribution is 2.16. The number of hydrogen-bond acceptors (Lipinski definition) is 3. The molecule has 0 aromatic heterocycles. The molecule has 2 atom stereocenters. The zero-order valence-electron chi connectivity index (χ0n) is 11.6. The van der Waals surface area contributed by atoms with Crippen molar-refractivity contribution >= 4 is 0 Å². The second-order valence-electron chi connectivity index (χ2n) is 5.05. The van der Waals surface area contributed by atoms with Crippen LogP contribution in [0, 0.1) is 0 Å². The Morgan fingerprint density at radius 2 is 2.00 bits per heavy atom. The number of methoxy groups -OCH3 is 1. The Morgan fingerprint density at radius 1 is 1.33 bits per heavy atom. The van der Waals surface area contributed by atoms with Gasteiger partial charge in [0, 0.05) is 13.7 Å². The molecule has 0 saturated carbocycles. The summed E-state index contributed by atoms with van der Waals surface area (Å²) in [6.07, 6.45) is 1.78. The lowest BCUT2D eigenvalue weighted by Gasteiger charge is -2.27. The molecular weight excluding hydrogens is 226 g/mol. The van der Waals surface area contributed by atoms with E-state index in [-0.39, 0.29) is 6.04 Å². The molecule has 0 spiro atoms. The summed E-state index contributed by atoms with van der Waals surface area (Å²) in [5.41, 5.74) is 0.529. The zero-order chi connectivity index (χ0) is 13.4. The number of rotatable bonds is 8. The van der Waals surface area contributed by atoms with Crippen molar-refractivity contribution in [1.29, 1.82) is 0 Å². The summed E-state index contributed by atoms with van der Waals surface area (Å²) in [4.78, 5) is 0. The topological polar surface area (TPSA) is 41.5 Å². The van der Waals surface area contributed by atoms with Gasteiger partial charge in [0.15, 0.2) is 0 Å². The third-order valence-electron chi connectivity index (χ3n) is 3.05. The highest BCUT2D eigenvalue weighted by Gasteiger charge is 2.21. The molecule has 0 fully saturated rings. The number of nitrogens with one attached hydrogen (secondary N) is 1. The summed E-state index contributed by atoms with van der Waals surface area (Å²) >= 11 is 0. The fourth-order valence-electron chi connectivity index (χ4n) is 2.10. The monoisotopic (exact) mass is 251 g/mol. The normalized spacial score (nSPS) is 16.2. The molecule has 2 unspecified atom stereocenters. The van der Waals surface area contributed by atoms with Gasteiger partial charge in [-0.05, 0) is 18.9 Å². The molecular formula is C15H25NO2. The smallest absolute Gasteiger partial charge is 0.0743 e. The average molecular weight is 251 g/mol. The van der Waals surface area contributed by atoms with Gasteiger partial charge in [-0.15, -0.1) is 0 Å². The molecule has 1 aromatic carbocycles. The lowest BCUT2D eigenvalue weighted by Crippen LogP contribution is -2.40. The Balaban J connectivity index is 2.59. The van der Waals surface area contributed by atoms with E-state index in [9.17, 15) is 5.11 Å². The molecule has 0 bridgehead atoms. The van der Waals surface area contributed by atoms with Crippen molar-refractivity contribution in [1.82, 2.24) is 5.32 Å². The first-order chi connectivity index (χ1) is 8.59. The van der Waals surface area contributed by atoms with Gasteiger partial charge >= 0.3 is 0 Å². The van der Waals surface area contributed by atoms with Crippen LogP contribution in [0.3, 0.4) is 0 Å². The van der Waals surface area contributed by atoms with Gasteiger partial charge in [-0.3, -0.25) is 0 Å². The third kappa shape index (κ3) is 5.17. The fraction of sp³-hybridized carbons (Fsp3) is 0.600. The van der Waals surface area contributed by atoms with Gasteiger partial charge in [-0.25, -0.2) is 0 Å². The van der Waals surface area contributed by atoms with Crippen LogP contribution >= 0.6 is 0 Å². The van der Waals surface area contributed by atoms with Crippen molar-refractivity contribution in [3.05, 3.63) is 35.9 Å². The highest BCUT2D eigenvalue weighted by molar-refractivity contribution is 5.19. The summed E-state index contributed by atoms with van der Waals surface area (Å²) in [6.45, 7) is 5.13. The highest BCUT2D eigenvalue weighted by atomic mass is 16.5. The molecule has 18 heavy (non-hydrogen) atoms. The first-order valence-corrected chi connectivity index (χ1v) is 6.58. The van der Waals surface area contributed by atoms with E-state index >= 15 is 0 Å². The predicted molar refractivity (Wildman–Crippen MR) is 74.6 cm³/mol. The van der Waals surface area contributed by atoms with Crippen LogP contribution in [0.2, 0.25) is 0 Å². The Hall–Kier alpha value is -0.900. The van der Waals surface area contributed by atoms with Crippen LogP contribution in [0.4, 0.5) is 0 Å². The maximum atomic E-state index is 10.2. The quantitative estimate of drug-likeness (QED) is 0.746. The number of ether oxygens (including phenoxy) is 1. The van der Waals surface area contributed by atoms with E-state index in [2.05, 4.69) is 24.4 Å². The van der Waals surface area contributed by atoms with Crippen molar-refractivity contribution in [2.75, 3.05) is 20.3 Å². The summed E-state index contributed by atoms with van der Waals surface area (Å²) in [6, 6.07) is 10.3. The fourth-order valence-corrected chi connectivity index (χ4v) is 2.10. The Bertz CT molecular complexity index is 325. The van der Waals surface area contributed by atoms with Gasteiger partial charge in [-0.1, -0.05) is 43.7 Å². The van der Waals surface area contributed by atoms with Crippen LogP contribution in [0.5, 0.6) is 0 Å². The minimum absolute atomic E-state index is 0.125. The Morgan fingerprint density at radius 3 is 2.56 bits per heavy atom. The molecule has 0 aliphatic carbocycles. The average Bonchev–Trinajstić information content (AvgIpc) is 2.35. The summed E-state index contributed by atoms with van der Waals surface area (Å²) in [5, 5.41) is 13.6. The Labute approximate surface area is 110 Å². The first-order valence-electron chi connectivity index (χ1n) is 6.58. The summed E-state index contributed by atoms with van der Waals surface area (Å²) < 4.78 is 5.24. The van der Waals surface area contributed by atoms with E-state index in [1.54, 1.807) is 7.11 Å². The molecule has 0 aliphatic heterocycles. The van der Waals surface area contributed by atoms with Crippen molar-refractivity contribution in [2.24, 2.45) is 0 Å². The maximum absolute atomic E-state index is 10.2. The van der Waals surface area contributed by atoms with Gasteiger partial charge in [0.25, 0.3) is 0 Å². The molecule has 0 aliphatic rings. The molecule has 3 nitrogen and oxygen atoms in total. The van der Waals surface area contributed by atoms with E-state index in [1.807, 2.05) is 25.1 Å². The molecule has 0 amide bonds. The van der Waals surface area contributed by atoms with E-state index in [0.717, 1.165) is 12.8 Å². The van der Waals surface area contributed by atoms with Crippen molar-refractivity contribution in [2.45, 2.75) is 38.3 Å².